The molecular weight excluding hydrogens is 276 g/mol. The van der Waals surface area contributed by atoms with E-state index in [1.54, 1.807) is 7.11 Å². The Bertz CT molecular complexity index is 667. The topological polar surface area (TPSA) is 68.1 Å². The number of amides is 1. The highest BCUT2D eigenvalue weighted by molar-refractivity contribution is 5.96. The molecule has 3 N–H and O–H groups in total. The Balaban J connectivity index is 2.76. The molecule has 1 aromatic heterocycles. The Labute approximate surface area is 132 Å². The summed E-state index contributed by atoms with van der Waals surface area (Å²) in [5, 5.41) is 1.04. The van der Waals surface area contributed by atoms with E-state index in [0.717, 1.165) is 53.6 Å². The number of aromatic amines is 1. The first-order valence-corrected chi connectivity index (χ1v) is 7.96. The number of H-pyrrole nitrogens is 1. The smallest absolute Gasteiger partial charge is 0.228 e. The summed E-state index contributed by atoms with van der Waals surface area (Å²) in [6, 6.07) is 5.92. The maximum atomic E-state index is 12.4. The summed E-state index contributed by atoms with van der Waals surface area (Å²) >= 11 is 0. The third-order valence-electron chi connectivity index (χ3n) is 4.50. The fraction of sp³-hybridized carbons (Fsp3) is 0.500. The van der Waals surface area contributed by atoms with Crippen LogP contribution in [0.4, 0.5) is 0 Å². The van der Waals surface area contributed by atoms with Crippen LogP contribution in [0, 0.1) is 6.92 Å². The Kier molecular flexibility index (Phi) is 4.79. The fourth-order valence-corrected chi connectivity index (χ4v) is 3.65. The molecule has 0 saturated heterocycles. The number of nitrogens with one attached hydrogen (secondary N) is 1. The molecule has 2 aromatic rings. The first kappa shape index (κ1) is 16.4. The Hall–Kier alpha value is -1.97. The largest absolute Gasteiger partial charge is 0.497 e. The molecule has 120 valence electrons. The zero-order valence-electron chi connectivity index (χ0n) is 14.0. The van der Waals surface area contributed by atoms with Crippen molar-refractivity contribution in [2.45, 2.75) is 51.9 Å². The van der Waals surface area contributed by atoms with E-state index in [1.807, 2.05) is 25.1 Å². The zero-order chi connectivity index (χ0) is 16.3. The van der Waals surface area contributed by atoms with Crippen LogP contribution in [0.5, 0.6) is 5.75 Å². The van der Waals surface area contributed by atoms with E-state index in [1.165, 1.54) is 0 Å². The molecule has 22 heavy (non-hydrogen) atoms. The molecular formula is C18H26N2O2. The quantitative estimate of drug-likeness (QED) is 0.816. The van der Waals surface area contributed by atoms with Gasteiger partial charge in [-0.2, -0.15) is 0 Å². The van der Waals surface area contributed by atoms with Crippen molar-refractivity contribution in [1.82, 2.24) is 4.98 Å². The minimum Gasteiger partial charge on any atom is -0.497 e. The number of carbonyl (C=O) groups excluding carboxylic acids is 1. The Morgan fingerprint density at radius 2 is 1.91 bits per heavy atom. The van der Waals surface area contributed by atoms with Gasteiger partial charge in [0.1, 0.15) is 5.75 Å². The van der Waals surface area contributed by atoms with E-state index in [2.05, 4.69) is 18.8 Å². The molecule has 0 atom stereocenters. The number of primary amides is 1. The van der Waals surface area contributed by atoms with Gasteiger partial charge in [0, 0.05) is 16.6 Å². The van der Waals surface area contributed by atoms with Crippen molar-refractivity contribution in [3.8, 4) is 5.75 Å². The number of ether oxygens (including phenoxy) is 1. The summed E-state index contributed by atoms with van der Waals surface area (Å²) < 4.78 is 5.35. The number of carbonyl (C=O) groups is 1. The van der Waals surface area contributed by atoms with Gasteiger partial charge >= 0.3 is 0 Å². The minimum absolute atomic E-state index is 0.233. The number of rotatable bonds is 7. The number of nitrogens with two attached hydrogens (primary N) is 1. The van der Waals surface area contributed by atoms with Gasteiger partial charge in [-0.3, -0.25) is 4.79 Å². The van der Waals surface area contributed by atoms with Crippen LogP contribution in [0.2, 0.25) is 0 Å². The lowest BCUT2D eigenvalue weighted by atomic mass is 9.71. The highest BCUT2D eigenvalue weighted by atomic mass is 16.5. The van der Waals surface area contributed by atoms with Gasteiger partial charge in [-0.05, 0) is 43.5 Å². The van der Waals surface area contributed by atoms with Gasteiger partial charge in [0.15, 0.2) is 0 Å². The van der Waals surface area contributed by atoms with Crippen LogP contribution in [-0.2, 0) is 10.2 Å². The number of hydrogen-bond donors (Lipinski definition) is 2. The second-order valence-corrected chi connectivity index (χ2v) is 5.98. The first-order chi connectivity index (χ1) is 10.5. The minimum atomic E-state index is -0.613. The average Bonchev–Trinajstić information content (AvgIpc) is 2.81. The van der Waals surface area contributed by atoms with Gasteiger partial charge < -0.3 is 15.5 Å². The predicted octanol–water partition coefficient (Wildman–Crippen LogP) is 3.81. The van der Waals surface area contributed by atoms with Crippen molar-refractivity contribution in [3.05, 3.63) is 29.5 Å². The molecule has 0 radical (unpaired) electrons. The normalized spacial score (nSPS) is 11.8. The molecule has 0 aliphatic heterocycles. The third-order valence-corrected chi connectivity index (χ3v) is 4.50. The van der Waals surface area contributed by atoms with Gasteiger partial charge in [0.2, 0.25) is 5.91 Å². The molecule has 2 rings (SSSR count). The summed E-state index contributed by atoms with van der Waals surface area (Å²) in [6.45, 7) is 6.21. The van der Waals surface area contributed by atoms with Crippen LogP contribution in [0.25, 0.3) is 10.9 Å². The first-order valence-electron chi connectivity index (χ1n) is 7.96. The maximum Gasteiger partial charge on any atom is 0.228 e. The standard InChI is InChI=1S/C18H26N2O2/c1-5-9-18(10-6-2,17(19)21)16-12(3)20-15-8-7-13(22-4)11-14(15)16/h7-8,11,20H,5-6,9-10H2,1-4H3,(H2,19,21). The van der Waals surface area contributed by atoms with E-state index < -0.39 is 5.41 Å². The van der Waals surface area contributed by atoms with Crippen LogP contribution in [0.1, 0.15) is 50.8 Å². The van der Waals surface area contributed by atoms with Gasteiger partial charge in [0.05, 0.1) is 12.5 Å². The number of methoxy groups -OCH3 is 1. The summed E-state index contributed by atoms with van der Waals surface area (Å²) in [5.41, 5.74) is 8.35. The van der Waals surface area contributed by atoms with Crippen molar-refractivity contribution < 1.29 is 9.53 Å². The van der Waals surface area contributed by atoms with Crippen molar-refractivity contribution in [1.29, 1.82) is 0 Å². The molecule has 0 unspecified atom stereocenters. The van der Waals surface area contributed by atoms with Crippen LogP contribution in [0.3, 0.4) is 0 Å². The van der Waals surface area contributed by atoms with Crippen LogP contribution >= 0.6 is 0 Å². The van der Waals surface area contributed by atoms with E-state index in [-0.39, 0.29) is 5.91 Å². The van der Waals surface area contributed by atoms with Crippen molar-refractivity contribution in [3.63, 3.8) is 0 Å². The zero-order valence-corrected chi connectivity index (χ0v) is 14.0. The van der Waals surface area contributed by atoms with E-state index in [0.29, 0.717) is 0 Å². The second-order valence-electron chi connectivity index (χ2n) is 5.98. The Morgan fingerprint density at radius 1 is 1.27 bits per heavy atom. The monoisotopic (exact) mass is 302 g/mol. The molecule has 4 nitrogen and oxygen atoms in total. The summed E-state index contributed by atoms with van der Waals surface area (Å²) in [5.74, 6) is 0.558. The van der Waals surface area contributed by atoms with Crippen LogP contribution in [-0.4, -0.2) is 18.0 Å². The SMILES string of the molecule is CCCC(CCC)(C(N)=O)c1c(C)[nH]c2ccc(OC)cc12. The maximum absolute atomic E-state index is 12.4. The predicted molar refractivity (Wildman–Crippen MR) is 90.3 cm³/mol. The number of aryl methyl sites for hydroxylation is 1. The molecule has 0 spiro atoms. The molecule has 1 amide bonds. The summed E-state index contributed by atoms with van der Waals surface area (Å²) in [6.07, 6.45) is 3.36. The molecule has 1 heterocycles. The number of fused-ring (bicyclic) bond motifs is 1. The van der Waals surface area contributed by atoms with E-state index >= 15 is 0 Å². The highest BCUT2D eigenvalue weighted by Gasteiger charge is 2.40. The summed E-state index contributed by atoms with van der Waals surface area (Å²) in [4.78, 5) is 15.8. The van der Waals surface area contributed by atoms with Gasteiger partial charge in [-0.1, -0.05) is 26.7 Å². The molecule has 0 aliphatic carbocycles. The van der Waals surface area contributed by atoms with Gasteiger partial charge in [-0.25, -0.2) is 0 Å². The van der Waals surface area contributed by atoms with E-state index in [9.17, 15) is 4.79 Å². The van der Waals surface area contributed by atoms with Crippen molar-refractivity contribution in [2.75, 3.05) is 7.11 Å². The van der Waals surface area contributed by atoms with Gasteiger partial charge in [0.25, 0.3) is 0 Å². The molecule has 1 aromatic carbocycles. The third kappa shape index (κ3) is 2.58. The molecule has 0 aliphatic rings. The number of hydrogen-bond acceptors (Lipinski definition) is 2. The lowest BCUT2D eigenvalue weighted by Gasteiger charge is -2.31. The van der Waals surface area contributed by atoms with E-state index in [4.69, 9.17) is 10.5 Å². The fourth-order valence-electron chi connectivity index (χ4n) is 3.65. The van der Waals surface area contributed by atoms with Crippen LogP contribution in [0.15, 0.2) is 18.2 Å². The average molecular weight is 302 g/mol. The summed E-state index contributed by atoms with van der Waals surface area (Å²) in [7, 11) is 1.65. The van der Waals surface area contributed by atoms with Crippen molar-refractivity contribution in [2.24, 2.45) is 5.73 Å². The Morgan fingerprint density at radius 3 is 2.41 bits per heavy atom. The van der Waals surface area contributed by atoms with Crippen LogP contribution < -0.4 is 10.5 Å². The molecule has 4 heteroatoms. The highest BCUT2D eigenvalue weighted by Crippen LogP contribution is 2.41. The lowest BCUT2D eigenvalue weighted by molar-refractivity contribution is -0.124. The molecule has 0 saturated carbocycles. The van der Waals surface area contributed by atoms with Crippen molar-refractivity contribution >= 4 is 16.8 Å². The van der Waals surface area contributed by atoms with Gasteiger partial charge in [-0.15, -0.1) is 0 Å². The molecule has 0 fully saturated rings. The molecule has 0 bridgehead atoms. The number of aromatic nitrogens is 1. The number of benzene rings is 1. The lowest BCUT2D eigenvalue weighted by Crippen LogP contribution is -2.41. The second kappa shape index (κ2) is 6.42.